The van der Waals surface area contributed by atoms with E-state index in [0.29, 0.717) is 0 Å². The summed E-state index contributed by atoms with van der Waals surface area (Å²) >= 11 is 1.84. The average molecular weight is 810 g/mol. The molecule has 0 atom stereocenters. The smallest absolute Gasteiger partial charge is 0.143 e. The van der Waals surface area contributed by atoms with Crippen molar-refractivity contribution in [3.63, 3.8) is 0 Å². The molecule has 0 aliphatic heterocycles. The number of thiophene rings is 1. The quantitative estimate of drug-likeness (QED) is 0.152. The molecule has 2 nitrogen and oxygen atoms in total. The molecule has 0 radical (unpaired) electrons. The van der Waals surface area contributed by atoms with Crippen molar-refractivity contribution in [1.29, 1.82) is 0 Å². The van der Waals surface area contributed by atoms with E-state index in [1.807, 2.05) is 17.4 Å². The van der Waals surface area contributed by atoms with Crippen molar-refractivity contribution in [3.8, 4) is 11.1 Å². The maximum Gasteiger partial charge on any atom is 0.143 e. The van der Waals surface area contributed by atoms with Gasteiger partial charge >= 0.3 is 0 Å². The van der Waals surface area contributed by atoms with E-state index in [0.717, 1.165) is 60.8 Å². The van der Waals surface area contributed by atoms with Crippen LogP contribution >= 0.6 is 11.3 Å². The van der Waals surface area contributed by atoms with Gasteiger partial charge in [0.15, 0.2) is 0 Å². The van der Waals surface area contributed by atoms with Crippen LogP contribution < -0.4 is 4.90 Å². The Bertz CT molecular complexity index is 3570. The summed E-state index contributed by atoms with van der Waals surface area (Å²) < 4.78 is 9.47. The average Bonchev–Trinajstić information content (AvgIpc) is 4.01. The largest absolute Gasteiger partial charge is 0.455 e. The monoisotopic (exact) mass is 809 g/mol. The lowest BCUT2D eigenvalue weighted by Crippen LogP contribution is -2.29. The minimum atomic E-state index is -0.601. The standard InChI is InChI=1S/C59H39NOS/c1-2-42-44-25-11-14-31-51(44)59(40-20-5-3-6-21-40,41-22-7-4-8-23-41)52(42)37-38-60(54-33-18-30-50-46-27-13-16-34-55(46)62-58(50)54)53-32-15-12-26-45(53)47-28-17-29-48-49-36-35-39-19-9-10-24-43(39)56(49)61-57(47)48/h2-38H,1H2/b38-37+. The fraction of sp³-hybridized carbons (Fsp3) is 0.0169. The maximum absolute atomic E-state index is 6.98. The van der Waals surface area contributed by atoms with E-state index in [-0.39, 0.29) is 0 Å². The van der Waals surface area contributed by atoms with Gasteiger partial charge in [-0.25, -0.2) is 0 Å². The molecule has 0 spiro atoms. The molecule has 0 N–H and O–H groups in total. The second-order valence-corrected chi connectivity index (χ2v) is 17.0. The van der Waals surface area contributed by atoms with Crippen molar-refractivity contribution in [2.24, 2.45) is 0 Å². The number of rotatable bonds is 8. The molecule has 0 unspecified atom stereocenters. The number of hydrogen-bond donors (Lipinski definition) is 0. The molecule has 2 heterocycles. The third kappa shape index (κ3) is 5.35. The predicted molar refractivity (Wildman–Crippen MR) is 264 cm³/mol. The number of allylic oxidation sites excluding steroid dienone is 4. The first-order valence-electron chi connectivity index (χ1n) is 21.1. The summed E-state index contributed by atoms with van der Waals surface area (Å²) in [5, 5.41) is 7.01. The molecule has 9 aromatic carbocycles. The summed E-state index contributed by atoms with van der Waals surface area (Å²) in [6, 6.07) is 74.4. The number of nitrogens with zero attached hydrogens (tertiary/aromatic N) is 1. The van der Waals surface area contributed by atoms with Crippen LogP contribution in [-0.2, 0) is 5.41 Å². The molecule has 11 aromatic rings. The molecule has 12 rings (SSSR count). The Morgan fingerprint density at radius 2 is 1.06 bits per heavy atom. The number of benzene rings is 9. The molecule has 292 valence electrons. The normalized spacial score (nSPS) is 13.5. The Balaban J connectivity index is 1.14. The first kappa shape index (κ1) is 36.2. The first-order chi connectivity index (χ1) is 30.7. The molecule has 1 aliphatic rings. The zero-order chi connectivity index (χ0) is 41.2. The van der Waals surface area contributed by atoms with Gasteiger partial charge in [0.1, 0.15) is 11.2 Å². The third-order valence-electron chi connectivity index (χ3n) is 12.8. The van der Waals surface area contributed by atoms with Gasteiger partial charge in [-0.15, -0.1) is 11.3 Å². The SMILES string of the molecule is C=CC1=C(/C=C/N(c2ccccc2-c2cccc3c2oc2c4ccccc4ccc32)c2cccc3c2sc2ccccc23)C(c2ccccc2)(c2ccccc2)c2ccccc21. The van der Waals surface area contributed by atoms with Gasteiger partial charge in [0.2, 0.25) is 0 Å². The van der Waals surface area contributed by atoms with Gasteiger partial charge in [-0.3, -0.25) is 0 Å². The van der Waals surface area contributed by atoms with Gasteiger partial charge in [-0.05, 0) is 69.1 Å². The molecular weight excluding hydrogens is 771 g/mol. The molecule has 0 saturated carbocycles. The minimum Gasteiger partial charge on any atom is -0.455 e. The van der Waals surface area contributed by atoms with Crippen molar-refractivity contribution in [1.82, 2.24) is 0 Å². The molecule has 3 heteroatoms. The number of anilines is 2. The molecule has 0 bridgehead atoms. The third-order valence-corrected chi connectivity index (χ3v) is 14.0. The van der Waals surface area contributed by atoms with E-state index in [1.54, 1.807) is 0 Å². The second kappa shape index (κ2) is 14.5. The first-order valence-corrected chi connectivity index (χ1v) is 21.9. The van der Waals surface area contributed by atoms with Crippen LogP contribution in [0.1, 0.15) is 22.3 Å². The highest BCUT2D eigenvalue weighted by atomic mass is 32.1. The Morgan fingerprint density at radius 1 is 0.468 bits per heavy atom. The lowest BCUT2D eigenvalue weighted by Gasteiger charge is -2.35. The van der Waals surface area contributed by atoms with Crippen molar-refractivity contribution in [2.45, 2.75) is 5.41 Å². The van der Waals surface area contributed by atoms with Crippen LogP contribution in [0, 0.1) is 0 Å². The van der Waals surface area contributed by atoms with Crippen LogP contribution in [-0.4, -0.2) is 0 Å². The van der Waals surface area contributed by atoms with Crippen molar-refractivity contribution < 1.29 is 4.42 Å². The van der Waals surface area contributed by atoms with E-state index in [4.69, 9.17) is 4.42 Å². The zero-order valence-electron chi connectivity index (χ0n) is 33.8. The number of furan rings is 1. The topological polar surface area (TPSA) is 16.4 Å². The molecule has 62 heavy (non-hydrogen) atoms. The van der Waals surface area contributed by atoms with Crippen LogP contribution in [0.2, 0.25) is 0 Å². The van der Waals surface area contributed by atoms with E-state index < -0.39 is 5.41 Å². The van der Waals surface area contributed by atoms with Gasteiger partial charge in [0, 0.05) is 49.0 Å². The van der Waals surface area contributed by atoms with Crippen LogP contribution in [0.4, 0.5) is 11.4 Å². The highest BCUT2D eigenvalue weighted by Crippen LogP contribution is 2.56. The molecule has 2 aromatic heterocycles. The van der Waals surface area contributed by atoms with Crippen LogP contribution in [0.15, 0.2) is 241 Å². The maximum atomic E-state index is 6.98. The fourth-order valence-electron chi connectivity index (χ4n) is 10.1. The van der Waals surface area contributed by atoms with Gasteiger partial charge in [0.25, 0.3) is 0 Å². The van der Waals surface area contributed by atoms with Crippen molar-refractivity contribution >= 4 is 81.2 Å². The van der Waals surface area contributed by atoms with Gasteiger partial charge in [0.05, 0.1) is 21.5 Å². The van der Waals surface area contributed by atoms with Crippen molar-refractivity contribution in [2.75, 3.05) is 4.90 Å². The van der Waals surface area contributed by atoms with Gasteiger partial charge in [-0.2, -0.15) is 0 Å². The molecular formula is C59H39NOS. The summed E-state index contributed by atoms with van der Waals surface area (Å²) in [5.41, 5.74) is 12.6. The van der Waals surface area contributed by atoms with E-state index in [1.165, 1.54) is 48.0 Å². The summed E-state index contributed by atoms with van der Waals surface area (Å²) in [6.07, 6.45) is 6.70. The number of para-hydroxylation sites is 2. The summed E-state index contributed by atoms with van der Waals surface area (Å²) in [5.74, 6) is 0. The minimum absolute atomic E-state index is 0.601. The van der Waals surface area contributed by atoms with Crippen molar-refractivity contribution in [3.05, 3.63) is 259 Å². The van der Waals surface area contributed by atoms with Crippen LogP contribution in [0.25, 0.3) is 69.6 Å². The highest BCUT2D eigenvalue weighted by Gasteiger charge is 2.46. The molecule has 0 amide bonds. The fourth-order valence-corrected chi connectivity index (χ4v) is 11.4. The lowest BCUT2D eigenvalue weighted by molar-refractivity contribution is 0.674. The van der Waals surface area contributed by atoms with E-state index >= 15 is 0 Å². The van der Waals surface area contributed by atoms with Gasteiger partial charge in [-0.1, -0.05) is 195 Å². The Morgan fingerprint density at radius 3 is 1.87 bits per heavy atom. The van der Waals surface area contributed by atoms with E-state index in [9.17, 15) is 0 Å². The zero-order valence-corrected chi connectivity index (χ0v) is 34.6. The van der Waals surface area contributed by atoms with E-state index in [2.05, 4.69) is 230 Å². The summed E-state index contributed by atoms with van der Waals surface area (Å²) in [7, 11) is 0. The van der Waals surface area contributed by atoms with Crippen LogP contribution in [0.3, 0.4) is 0 Å². The second-order valence-electron chi connectivity index (χ2n) is 16.0. The lowest BCUT2D eigenvalue weighted by atomic mass is 9.67. The van der Waals surface area contributed by atoms with Crippen LogP contribution in [0.5, 0.6) is 0 Å². The Kier molecular flexibility index (Phi) is 8.45. The highest BCUT2D eigenvalue weighted by molar-refractivity contribution is 7.26. The molecule has 0 saturated heterocycles. The molecule has 1 aliphatic carbocycles. The number of hydrogen-bond acceptors (Lipinski definition) is 3. The summed E-state index contributed by atoms with van der Waals surface area (Å²) in [4.78, 5) is 2.40. The summed E-state index contributed by atoms with van der Waals surface area (Å²) in [6.45, 7) is 4.46. The molecule has 0 fully saturated rings. The number of fused-ring (bicyclic) bond motifs is 9. The Labute approximate surface area is 364 Å². The van der Waals surface area contributed by atoms with Gasteiger partial charge < -0.3 is 9.32 Å². The Hall–Kier alpha value is -7.72. The predicted octanol–water partition coefficient (Wildman–Crippen LogP) is 16.4.